The van der Waals surface area contributed by atoms with E-state index in [9.17, 15) is 9.59 Å². The largest absolute Gasteiger partial charge is 0.481 e. The van der Waals surface area contributed by atoms with Crippen LogP contribution in [0, 0.1) is 11.3 Å². The van der Waals surface area contributed by atoms with Crippen LogP contribution in [0.25, 0.3) is 0 Å². The molecule has 1 saturated carbocycles. The van der Waals surface area contributed by atoms with Crippen LogP contribution in [0.5, 0.6) is 0 Å². The molecule has 2 unspecified atom stereocenters. The molecular weight excluding hydrogens is 232 g/mol. The van der Waals surface area contributed by atoms with Crippen LogP contribution in [0.1, 0.15) is 39.5 Å². The van der Waals surface area contributed by atoms with Gasteiger partial charge in [-0.15, -0.1) is 0 Å². The standard InChI is InChI=1S/C13H22N2O3/c1-13(2)5-3-10(7-13)14-12(18)15-6-4-9(8-15)11(16)17/h9-10H,3-8H2,1-2H3,(H,14,18)(H,16,17). The molecule has 2 aliphatic rings. The number of rotatable bonds is 2. The molecule has 102 valence electrons. The predicted octanol–water partition coefficient (Wildman–Crippen LogP) is 1.68. The number of nitrogens with one attached hydrogen (secondary N) is 1. The van der Waals surface area contributed by atoms with Gasteiger partial charge in [0.15, 0.2) is 0 Å². The molecule has 5 nitrogen and oxygen atoms in total. The third-order valence-corrected chi connectivity index (χ3v) is 4.12. The highest BCUT2D eigenvalue weighted by Crippen LogP contribution is 2.37. The molecule has 2 N–H and O–H groups in total. The first-order chi connectivity index (χ1) is 8.37. The Morgan fingerprint density at radius 2 is 2.06 bits per heavy atom. The fourth-order valence-corrected chi connectivity index (χ4v) is 2.97. The summed E-state index contributed by atoms with van der Waals surface area (Å²) in [6.07, 6.45) is 3.73. The van der Waals surface area contributed by atoms with E-state index in [1.807, 2.05) is 0 Å². The SMILES string of the molecule is CC1(C)CCC(NC(=O)N2CCC(C(=O)O)C2)C1. The van der Waals surface area contributed by atoms with Crippen molar-refractivity contribution in [3.05, 3.63) is 0 Å². The molecule has 0 radical (unpaired) electrons. The van der Waals surface area contributed by atoms with Gasteiger partial charge in [0.2, 0.25) is 0 Å². The van der Waals surface area contributed by atoms with E-state index in [0.29, 0.717) is 24.9 Å². The number of aliphatic carboxylic acids is 1. The summed E-state index contributed by atoms with van der Waals surface area (Å²) in [6.45, 7) is 5.33. The van der Waals surface area contributed by atoms with E-state index in [2.05, 4.69) is 19.2 Å². The number of nitrogens with zero attached hydrogens (tertiary/aromatic N) is 1. The second kappa shape index (κ2) is 4.78. The summed E-state index contributed by atoms with van der Waals surface area (Å²) in [4.78, 5) is 24.5. The monoisotopic (exact) mass is 254 g/mol. The van der Waals surface area contributed by atoms with Crippen molar-refractivity contribution in [3.63, 3.8) is 0 Å². The lowest BCUT2D eigenvalue weighted by Crippen LogP contribution is -2.43. The molecule has 0 bridgehead atoms. The number of carbonyl (C=O) groups excluding carboxylic acids is 1. The topological polar surface area (TPSA) is 69.6 Å². The Hall–Kier alpha value is -1.26. The quantitative estimate of drug-likeness (QED) is 0.787. The van der Waals surface area contributed by atoms with E-state index in [4.69, 9.17) is 5.11 Å². The van der Waals surface area contributed by atoms with Crippen LogP contribution in [0.3, 0.4) is 0 Å². The van der Waals surface area contributed by atoms with Gasteiger partial charge in [0, 0.05) is 19.1 Å². The maximum absolute atomic E-state index is 12.0. The highest BCUT2D eigenvalue weighted by atomic mass is 16.4. The highest BCUT2D eigenvalue weighted by Gasteiger charge is 2.35. The highest BCUT2D eigenvalue weighted by molar-refractivity contribution is 5.77. The Morgan fingerprint density at radius 3 is 2.56 bits per heavy atom. The van der Waals surface area contributed by atoms with Crippen molar-refractivity contribution in [1.82, 2.24) is 10.2 Å². The van der Waals surface area contributed by atoms with Crippen molar-refractivity contribution in [2.75, 3.05) is 13.1 Å². The second-order valence-electron chi connectivity index (χ2n) is 6.32. The molecule has 5 heteroatoms. The summed E-state index contributed by atoms with van der Waals surface area (Å²) in [5.41, 5.74) is 0.312. The van der Waals surface area contributed by atoms with Crippen molar-refractivity contribution in [2.24, 2.45) is 11.3 Å². The summed E-state index contributed by atoms with van der Waals surface area (Å²) < 4.78 is 0. The molecule has 2 rings (SSSR count). The number of likely N-dealkylation sites (tertiary alicyclic amines) is 1. The maximum atomic E-state index is 12.0. The first kappa shape index (κ1) is 13.2. The van der Waals surface area contributed by atoms with Gasteiger partial charge in [0.05, 0.1) is 5.92 Å². The van der Waals surface area contributed by atoms with E-state index in [1.165, 1.54) is 0 Å². The summed E-state index contributed by atoms with van der Waals surface area (Å²) in [7, 11) is 0. The Balaban J connectivity index is 1.81. The first-order valence-electron chi connectivity index (χ1n) is 6.66. The number of amides is 2. The predicted molar refractivity (Wildman–Crippen MR) is 67.3 cm³/mol. The Kier molecular flexibility index (Phi) is 3.50. The summed E-state index contributed by atoms with van der Waals surface area (Å²) >= 11 is 0. The molecule has 0 aromatic heterocycles. The van der Waals surface area contributed by atoms with Crippen molar-refractivity contribution < 1.29 is 14.7 Å². The molecule has 0 aromatic carbocycles. The summed E-state index contributed by atoms with van der Waals surface area (Å²) in [6, 6.07) is 0.151. The van der Waals surface area contributed by atoms with Crippen molar-refractivity contribution in [3.8, 4) is 0 Å². The Bertz CT molecular complexity index is 354. The average Bonchev–Trinajstić information content (AvgIpc) is 2.85. The molecule has 0 aromatic rings. The van der Waals surface area contributed by atoms with Crippen LogP contribution < -0.4 is 5.32 Å². The molecule has 2 amide bonds. The van der Waals surface area contributed by atoms with E-state index in [-0.39, 0.29) is 12.1 Å². The zero-order valence-corrected chi connectivity index (χ0v) is 11.1. The number of hydrogen-bond donors (Lipinski definition) is 2. The van der Waals surface area contributed by atoms with E-state index in [0.717, 1.165) is 19.3 Å². The number of urea groups is 1. The molecule has 1 aliphatic carbocycles. The number of carboxylic acids is 1. The van der Waals surface area contributed by atoms with Gasteiger partial charge in [-0.05, 0) is 31.1 Å². The van der Waals surface area contributed by atoms with Gasteiger partial charge in [-0.1, -0.05) is 13.8 Å². The number of hydrogen-bond acceptors (Lipinski definition) is 2. The molecule has 2 fully saturated rings. The van der Waals surface area contributed by atoms with E-state index in [1.54, 1.807) is 4.90 Å². The summed E-state index contributed by atoms with van der Waals surface area (Å²) in [5.74, 6) is -1.19. The molecule has 18 heavy (non-hydrogen) atoms. The van der Waals surface area contributed by atoms with Crippen LogP contribution in [-0.2, 0) is 4.79 Å². The Morgan fingerprint density at radius 1 is 1.33 bits per heavy atom. The Labute approximate surface area is 108 Å². The lowest BCUT2D eigenvalue weighted by Gasteiger charge is -2.22. The lowest BCUT2D eigenvalue weighted by molar-refractivity contribution is -0.141. The van der Waals surface area contributed by atoms with Crippen molar-refractivity contribution in [1.29, 1.82) is 0 Å². The fourth-order valence-electron chi connectivity index (χ4n) is 2.97. The molecular formula is C13H22N2O3. The number of carboxylic acid groups (broad SMARTS) is 1. The zero-order chi connectivity index (χ0) is 13.3. The van der Waals surface area contributed by atoms with E-state index >= 15 is 0 Å². The van der Waals surface area contributed by atoms with Crippen molar-refractivity contribution in [2.45, 2.75) is 45.6 Å². The number of carbonyl (C=O) groups is 2. The second-order valence-corrected chi connectivity index (χ2v) is 6.32. The minimum Gasteiger partial charge on any atom is -0.481 e. The van der Waals surface area contributed by atoms with Crippen molar-refractivity contribution >= 4 is 12.0 Å². The maximum Gasteiger partial charge on any atom is 0.317 e. The average molecular weight is 254 g/mol. The van der Waals surface area contributed by atoms with Gasteiger partial charge >= 0.3 is 12.0 Å². The molecule has 2 atom stereocenters. The normalized spacial score (nSPS) is 30.4. The molecule has 0 spiro atoms. The van der Waals surface area contributed by atoms with Crippen LogP contribution in [0.2, 0.25) is 0 Å². The lowest BCUT2D eigenvalue weighted by atomic mass is 9.92. The van der Waals surface area contributed by atoms with Gasteiger partial charge in [-0.3, -0.25) is 4.79 Å². The molecule has 1 saturated heterocycles. The minimum absolute atomic E-state index is 0.0959. The minimum atomic E-state index is -0.799. The van der Waals surface area contributed by atoms with Crippen LogP contribution in [-0.4, -0.2) is 41.1 Å². The third kappa shape index (κ3) is 2.94. The smallest absolute Gasteiger partial charge is 0.317 e. The van der Waals surface area contributed by atoms with E-state index < -0.39 is 11.9 Å². The van der Waals surface area contributed by atoms with Gasteiger partial charge < -0.3 is 15.3 Å². The third-order valence-electron chi connectivity index (χ3n) is 4.12. The van der Waals surface area contributed by atoms with Crippen LogP contribution >= 0.6 is 0 Å². The zero-order valence-electron chi connectivity index (χ0n) is 11.1. The fraction of sp³-hybridized carbons (Fsp3) is 0.846. The van der Waals surface area contributed by atoms with Gasteiger partial charge in [-0.2, -0.15) is 0 Å². The molecule has 1 heterocycles. The summed E-state index contributed by atoms with van der Waals surface area (Å²) in [5, 5.41) is 11.9. The van der Waals surface area contributed by atoms with Gasteiger partial charge in [0.1, 0.15) is 0 Å². The van der Waals surface area contributed by atoms with Gasteiger partial charge in [0.25, 0.3) is 0 Å². The van der Waals surface area contributed by atoms with Crippen LogP contribution in [0.4, 0.5) is 4.79 Å². The van der Waals surface area contributed by atoms with Gasteiger partial charge in [-0.25, -0.2) is 4.79 Å². The van der Waals surface area contributed by atoms with Crippen LogP contribution in [0.15, 0.2) is 0 Å². The first-order valence-corrected chi connectivity index (χ1v) is 6.66. The molecule has 1 aliphatic heterocycles.